The summed E-state index contributed by atoms with van der Waals surface area (Å²) in [7, 11) is -2.86. The minimum Gasteiger partial charge on any atom is -0.349 e. The molecule has 1 heterocycles. The van der Waals surface area contributed by atoms with Crippen molar-refractivity contribution in [3.05, 3.63) is 35.4 Å². The van der Waals surface area contributed by atoms with Gasteiger partial charge in [0.15, 0.2) is 22.8 Å². The molecule has 108 valence electrons. The van der Waals surface area contributed by atoms with Crippen LogP contribution in [0.4, 0.5) is 0 Å². The zero-order valence-corrected chi connectivity index (χ0v) is 14.9. The topological polar surface area (TPSA) is 32.7 Å². The predicted octanol–water partition coefficient (Wildman–Crippen LogP) is 3.95. The summed E-state index contributed by atoms with van der Waals surface area (Å²) < 4.78 is 2.48. The van der Waals surface area contributed by atoms with Crippen LogP contribution in [-0.4, -0.2) is 33.3 Å². The van der Waals surface area contributed by atoms with Crippen molar-refractivity contribution >= 4 is 29.0 Å². The van der Waals surface area contributed by atoms with E-state index in [9.17, 15) is 4.79 Å². The summed E-state index contributed by atoms with van der Waals surface area (Å²) in [6.07, 6.45) is 4.15. The zero-order valence-electron chi connectivity index (χ0n) is 12.9. The van der Waals surface area contributed by atoms with E-state index < -0.39 is 16.5 Å². The van der Waals surface area contributed by atoms with E-state index in [2.05, 4.69) is 30.5 Å². The maximum Gasteiger partial charge on any atom is 0.161 e. The van der Waals surface area contributed by atoms with E-state index in [1.165, 1.54) is 18.5 Å². The van der Waals surface area contributed by atoms with E-state index in [-0.39, 0.29) is 0 Å². The molecular formula is C15H24N2OSi2. The lowest BCUT2D eigenvalue weighted by molar-refractivity contribution is 0.112. The molecule has 5 heteroatoms. The third-order valence-corrected chi connectivity index (χ3v) is 13.5. The van der Waals surface area contributed by atoms with Gasteiger partial charge in [-0.15, -0.1) is 0 Å². The third-order valence-electron chi connectivity index (χ3n) is 4.16. The molecule has 0 saturated carbocycles. The highest BCUT2D eigenvalue weighted by Gasteiger charge is 2.43. The van der Waals surface area contributed by atoms with Gasteiger partial charge in [0, 0.05) is 11.1 Å². The van der Waals surface area contributed by atoms with Gasteiger partial charge in [-0.1, -0.05) is 56.9 Å². The van der Waals surface area contributed by atoms with Crippen LogP contribution in [0.25, 0.3) is 0 Å². The van der Waals surface area contributed by atoms with Crippen molar-refractivity contribution in [2.45, 2.75) is 44.7 Å². The first kappa shape index (κ1) is 15.2. The zero-order chi connectivity index (χ0) is 14.8. The molecule has 0 amide bonds. The molecule has 1 aromatic rings. The molecule has 0 spiro atoms. The van der Waals surface area contributed by atoms with Gasteiger partial charge < -0.3 is 4.34 Å². The quantitative estimate of drug-likeness (QED) is 0.481. The maximum atomic E-state index is 11.1. The van der Waals surface area contributed by atoms with E-state index in [1.807, 2.05) is 30.5 Å². The van der Waals surface area contributed by atoms with Crippen molar-refractivity contribution in [1.82, 2.24) is 4.34 Å². The molecule has 0 N–H and O–H groups in total. The molecule has 1 aliphatic rings. The number of hydrogen-bond donors (Lipinski definition) is 0. The molecule has 0 atom stereocenters. The van der Waals surface area contributed by atoms with Gasteiger partial charge >= 0.3 is 0 Å². The standard InChI is InChI=1S/C15H24N2OSi2/c1-19(2)10-7-11-20(3,4)17(19)16-12-14-8-5-6-9-15(14)13-18/h5-6,8-9,12-13H,7,10-11H2,1-4H3. The van der Waals surface area contributed by atoms with E-state index in [0.717, 1.165) is 11.8 Å². The smallest absolute Gasteiger partial charge is 0.161 e. The number of aldehydes is 1. The SMILES string of the molecule is C[Si]1(C)CCC[Si](C)(C)N1N=Cc1ccccc1C=O. The van der Waals surface area contributed by atoms with Crippen LogP contribution in [-0.2, 0) is 0 Å². The summed E-state index contributed by atoms with van der Waals surface area (Å²) >= 11 is 0. The molecule has 1 fully saturated rings. The lowest BCUT2D eigenvalue weighted by Gasteiger charge is -2.49. The number of nitrogens with zero attached hydrogens (tertiary/aromatic N) is 2. The first-order chi connectivity index (χ1) is 9.37. The number of benzene rings is 1. The predicted molar refractivity (Wildman–Crippen MR) is 90.5 cm³/mol. The van der Waals surface area contributed by atoms with Crippen molar-refractivity contribution in [2.75, 3.05) is 0 Å². The number of carbonyl (C=O) groups is 1. The summed E-state index contributed by atoms with van der Waals surface area (Å²) in [6.45, 7) is 9.63. The Bertz CT molecular complexity index is 510. The Hall–Kier alpha value is -1.21. The Labute approximate surface area is 123 Å². The van der Waals surface area contributed by atoms with Gasteiger partial charge in [-0.2, -0.15) is 0 Å². The maximum absolute atomic E-state index is 11.1. The second-order valence-corrected chi connectivity index (χ2v) is 16.3. The second-order valence-electron chi connectivity index (χ2n) is 6.78. The van der Waals surface area contributed by atoms with E-state index >= 15 is 0 Å². The van der Waals surface area contributed by atoms with Crippen molar-refractivity contribution in [2.24, 2.45) is 5.10 Å². The fraction of sp³-hybridized carbons (Fsp3) is 0.467. The molecule has 0 aliphatic carbocycles. The van der Waals surface area contributed by atoms with Crippen molar-refractivity contribution < 1.29 is 4.79 Å². The van der Waals surface area contributed by atoms with Crippen molar-refractivity contribution in [3.63, 3.8) is 0 Å². The lowest BCUT2D eigenvalue weighted by Crippen LogP contribution is -2.61. The summed E-state index contributed by atoms with van der Waals surface area (Å²) in [5.41, 5.74) is 1.63. The monoisotopic (exact) mass is 304 g/mol. The van der Waals surface area contributed by atoms with E-state index in [1.54, 1.807) is 0 Å². The summed E-state index contributed by atoms with van der Waals surface area (Å²) in [4.78, 5) is 11.1. The molecule has 0 aromatic heterocycles. The average Bonchev–Trinajstić information content (AvgIpc) is 2.37. The van der Waals surface area contributed by atoms with Crippen LogP contribution in [0.15, 0.2) is 29.4 Å². The molecule has 3 nitrogen and oxygen atoms in total. The minimum atomic E-state index is -1.43. The molecular weight excluding hydrogens is 280 g/mol. The highest BCUT2D eigenvalue weighted by molar-refractivity contribution is 6.91. The van der Waals surface area contributed by atoms with Gasteiger partial charge in [-0.3, -0.25) is 4.79 Å². The molecule has 2 rings (SSSR count). The number of carbonyl (C=O) groups excluding carboxylic acids is 1. The fourth-order valence-corrected chi connectivity index (χ4v) is 14.0. The first-order valence-corrected chi connectivity index (χ1v) is 13.6. The van der Waals surface area contributed by atoms with Gasteiger partial charge in [-0.05, 0) is 12.1 Å². The number of hydrazone groups is 1. The van der Waals surface area contributed by atoms with Crippen LogP contribution in [0.2, 0.25) is 38.3 Å². The van der Waals surface area contributed by atoms with Crippen molar-refractivity contribution in [3.8, 4) is 0 Å². The highest BCUT2D eigenvalue weighted by Crippen LogP contribution is 2.34. The molecule has 0 unspecified atom stereocenters. The van der Waals surface area contributed by atoms with Crippen LogP contribution in [0.1, 0.15) is 22.3 Å². The van der Waals surface area contributed by atoms with Crippen LogP contribution >= 0.6 is 0 Å². The van der Waals surface area contributed by atoms with Crippen molar-refractivity contribution in [1.29, 1.82) is 0 Å². The summed E-state index contributed by atoms with van der Waals surface area (Å²) in [5, 5.41) is 4.84. The van der Waals surface area contributed by atoms with Crippen LogP contribution in [0, 0.1) is 0 Å². The van der Waals surface area contributed by atoms with Crippen LogP contribution in [0.3, 0.4) is 0 Å². The largest absolute Gasteiger partial charge is 0.349 e. The van der Waals surface area contributed by atoms with Crippen LogP contribution in [0.5, 0.6) is 0 Å². The van der Waals surface area contributed by atoms with Gasteiger partial charge in [0.1, 0.15) is 0 Å². The molecule has 0 radical (unpaired) electrons. The minimum absolute atomic E-state index is 0.715. The number of hydrogen-bond acceptors (Lipinski definition) is 3. The van der Waals surface area contributed by atoms with Gasteiger partial charge in [0.25, 0.3) is 0 Å². The summed E-state index contributed by atoms with van der Waals surface area (Å²) in [6, 6.07) is 10.3. The van der Waals surface area contributed by atoms with Gasteiger partial charge in [0.05, 0.1) is 6.21 Å². The van der Waals surface area contributed by atoms with Crippen LogP contribution < -0.4 is 0 Å². The van der Waals surface area contributed by atoms with Gasteiger partial charge in [-0.25, -0.2) is 5.10 Å². The Balaban J connectivity index is 2.30. The molecule has 1 aromatic carbocycles. The Morgan fingerprint density at radius 2 is 1.60 bits per heavy atom. The average molecular weight is 305 g/mol. The first-order valence-electron chi connectivity index (χ1n) is 7.25. The number of rotatable bonds is 3. The summed E-state index contributed by atoms with van der Waals surface area (Å²) in [5.74, 6) is 0. The molecule has 20 heavy (non-hydrogen) atoms. The molecule has 1 aliphatic heterocycles. The Kier molecular flexibility index (Phi) is 4.29. The normalized spacial score (nSPS) is 21.1. The van der Waals surface area contributed by atoms with E-state index in [0.29, 0.717) is 5.56 Å². The molecule has 0 bridgehead atoms. The van der Waals surface area contributed by atoms with Gasteiger partial charge in [0.2, 0.25) is 0 Å². The Morgan fingerprint density at radius 3 is 2.15 bits per heavy atom. The lowest BCUT2D eigenvalue weighted by atomic mass is 10.1. The highest BCUT2D eigenvalue weighted by atomic mass is 28.4. The fourth-order valence-electron chi connectivity index (χ4n) is 3.15. The second kappa shape index (κ2) is 5.65. The molecule has 1 saturated heterocycles. The van der Waals surface area contributed by atoms with E-state index in [4.69, 9.17) is 5.10 Å². The Morgan fingerprint density at radius 1 is 1.05 bits per heavy atom. The third kappa shape index (κ3) is 3.09.